The van der Waals surface area contributed by atoms with Crippen molar-refractivity contribution in [2.45, 2.75) is 63.5 Å². The molecule has 5 heterocycles. The number of ketones is 2. The van der Waals surface area contributed by atoms with Gasteiger partial charge in [-0.1, -0.05) is 48.5 Å². The number of hydrogen-bond acceptors (Lipinski definition) is 25. The molecule has 0 saturated carbocycles. The number of aromatic amines is 1. The van der Waals surface area contributed by atoms with Crippen molar-refractivity contribution in [2.75, 3.05) is 82.9 Å². The number of carbonyl (C=O) groups excluding carboxylic acids is 5. The van der Waals surface area contributed by atoms with E-state index in [4.69, 9.17) is 35.6 Å². The van der Waals surface area contributed by atoms with E-state index in [0.717, 1.165) is 97.7 Å². The largest absolute Gasteiger partial charge is 0.478 e. The molecule has 1 aliphatic heterocycles. The number of ether oxygens (including phenoxy) is 4. The molecule has 662 valence electrons. The number of benzene rings is 7. The van der Waals surface area contributed by atoms with Gasteiger partial charge in [0, 0.05) is 79.1 Å². The van der Waals surface area contributed by atoms with Gasteiger partial charge in [0.25, 0.3) is 11.6 Å². The number of halogens is 9. The van der Waals surface area contributed by atoms with Crippen LogP contribution in [0.4, 0.5) is 74.2 Å². The van der Waals surface area contributed by atoms with Crippen LogP contribution < -0.4 is 16.0 Å². The van der Waals surface area contributed by atoms with Gasteiger partial charge in [0.1, 0.15) is 36.4 Å². The number of carbonyl (C=O) groups is 7. The lowest BCUT2D eigenvalue weighted by Gasteiger charge is -2.29. The molecule has 12 rings (SSSR count). The van der Waals surface area contributed by atoms with Crippen molar-refractivity contribution in [3.8, 4) is 17.1 Å². The summed E-state index contributed by atoms with van der Waals surface area (Å²) in [6, 6.07) is 36.6. The molecule has 1 aliphatic rings. The van der Waals surface area contributed by atoms with Crippen LogP contribution in [0.2, 0.25) is 0 Å². The first-order valence-corrected chi connectivity index (χ1v) is 36.7. The minimum absolute atomic E-state index is 0.0187. The summed E-state index contributed by atoms with van der Waals surface area (Å²) >= 11 is 0. The number of nitro groups is 3. The summed E-state index contributed by atoms with van der Waals surface area (Å²) in [7, 11) is 2.55. The molecule has 44 heteroatoms. The molecular formula is C81H79F9N14O21. The standard InChI is InChI=1S/C22H20F3N5O3.C14H18O5.C13H16O5.C10H6F3N3O2.C10H8F3N3.C9H8O4.C3H3N3O2/c23-22(24,25)15-5-4-6-16(11-15)29-13-20(26-14-29)27-21(31)18-12-17(7-8-19(18)30(32)33)28-9-2-1-3-10-28;1-18-14(17)12-5-2-4-11(10-12)13(16)6-3-8-19-9-7-15;14-6-8-18-7-2-5-12(15)10-3-1-4-11(9-10)13(16)17;11-10(12,13)7-2-1-3-8(4-7)15-5-9(14-6-15)16(17)18;11-10(12,13)7-2-1-3-8(4-7)16-5-9(14)15-6-16;1-13-9(12)7-4-2-3-6(5-7)8(10)11;7-6(8)3-1-4-2-5-3/h4-8,11-14H,1-3,9-10H2,(H,27,31);2,4-5,10,15H,3,6-9H2,1H3;1,3-4,9,14H,2,5-8H2,(H,16,17);1-6H;1-6H,14H2;2-5H,1H3,(H,10,11);1-2H,(H,4,5). The predicted octanol–water partition coefficient (Wildman–Crippen LogP) is 14.6. The number of aromatic carboxylic acids is 2. The summed E-state index contributed by atoms with van der Waals surface area (Å²) in [5, 5.41) is 68.6. The van der Waals surface area contributed by atoms with Crippen LogP contribution in [-0.2, 0) is 37.5 Å². The first kappa shape index (κ1) is 98.9. The Balaban J connectivity index is 0.000000233. The summed E-state index contributed by atoms with van der Waals surface area (Å²) in [4.78, 5) is 129. The fraction of sp³-hybridized carbons (Fsp3) is 0.247. The number of aromatic nitrogens is 8. The fourth-order valence-corrected chi connectivity index (χ4v) is 10.8. The zero-order valence-corrected chi connectivity index (χ0v) is 65.9. The van der Waals surface area contributed by atoms with Crippen molar-refractivity contribution in [2.24, 2.45) is 0 Å². The quantitative estimate of drug-likeness (QED) is 0.00628. The van der Waals surface area contributed by atoms with Crippen LogP contribution in [-0.4, -0.2) is 182 Å². The number of methoxy groups -OCH3 is 2. The van der Waals surface area contributed by atoms with Gasteiger partial charge in [-0.15, -0.1) is 0 Å². The van der Waals surface area contributed by atoms with E-state index in [-0.39, 0.29) is 94.8 Å². The van der Waals surface area contributed by atoms with Crippen LogP contribution in [0.25, 0.3) is 17.1 Å². The van der Waals surface area contributed by atoms with Gasteiger partial charge in [0.2, 0.25) is 6.33 Å². The Labute approximate surface area is 702 Å². The molecule has 1 amide bonds. The number of nitrogens with two attached hydrogens (primary N) is 1. The highest BCUT2D eigenvalue weighted by Gasteiger charge is 2.33. The van der Waals surface area contributed by atoms with Crippen molar-refractivity contribution < 1.29 is 127 Å². The molecule has 8 N–H and O–H groups in total. The Morgan fingerprint density at radius 3 is 1.31 bits per heavy atom. The molecule has 125 heavy (non-hydrogen) atoms. The smallest absolute Gasteiger partial charge is 0.416 e. The average Bonchev–Trinajstić information content (AvgIpc) is 1.78. The van der Waals surface area contributed by atoms with E-state index >= 15 is 0 Å². The number of nitrogens with one attached hydrogen (secondary N) is 2. The summed E-state index contributed by atoms with van der Waals surface area (Å²) < 4.78 is 137. The number of esters is 2. The maximum absolute atomic E-state index is 13.0. The van der Waals surface area contributed by atoms with Gasteiger partial charge in [0.05, 0.1) is 96.9 Å². The van der Waals surface area contributed by atoms with Crippen molar-refractivity contribution >= 4 is 76.0 Å². The molecule has 0 radical (unpaired) electrons. The van der Waals surface area contributed by atoms with Crippen LogP contribution in [0.1, 0.15) is 134 Å². The number of amides is 1. The Hall–Kier alpha value is -14.9. The number of nitrogen functional groups attached to an aromatic ring is 1. The van der Waals surface area contributed by atoms with Crippen LogP contribution in [0, 0.1) is 30.3 Å². The predicted molar refractivity (Wildman–Crippen MR) is 428 cm³/mol. The van der Waals surface area contributed by atoms with Crippen LogP contribution in [0.5, 0.6) is 0 Å². The number of carboxylic acids is 2. The minimum atomic E-state index is -4.49. The van der Waals surface area contributed by atoms with E-state index < -0.39 is 85.6 Å². The van der Waals surface area contributed by atoms with E-state index in [1.165, 1.54) is 140 Å². The molecule has 0 aliphatic carbocycles. The maximum Gasteiger partial charge on any atom is 0.416 e. The average molecular weight is 1760 g/mol. The molecule has 0 atom stereocenters. The number of piperidine rings is 1. The second-order valence-corrected chi connectivity index (χ2v) is 25.6. The number of nitrogens with zero attached hydrogens (tertiary/aromatic N) is 11. The fourth-order valence-electron chi connectivity index (χ4n) is 10.8. The number of alkyl halides is 9. The van der Waals surface area contributed by atoms with Gasteiger partial charge < -0.3 is 84.7 Å². The molecule has 0 bridgehead atoms. The molecule has 35 nitrogen and oxygen atoms in total. The Bertz CT molecular complexity index is 5440. The lowest BCUT2D eigenvalue weighted by molar-refractivity contribution is -0.389. The molecule has 7 aromatic carbocycles. The maximum atomic E-state index is 13.0. The van der Waals surface area contributed by atoms with Crippen LogP contribution >= 0.6 is 0 Å². The second kappa shape index (κ2) is 48.5. The number of Topliss-reactive ketones (excluding diaryl/α,β-unsaturated/α-hetero) is 2. The summed E-state index contributed by atoms with van der Waals surface area (Å²) in [5.41, 5.74) is 5.73. The van der Waals surface area contributed by atoms with Gasteiger partial charge in [-0.05, 0) is 156 Å². The Morgan fingerprint density at radius 2 is 0.920 bits per heavy atom. The number of H-pyrrole nitrogens is 1. The molecule has 1 fully saturated rings. The van der Waals surface area contributed by atoms with Crippen LogP contribution in [0.15, 0.2) is 214 Å². The third-order valence-corrected chi connectivity index (χ3v) is 16.8. The zero-order valence-electron chi connectivity index (χ0n) is 65.9. The molecule has 0 unspecified atom stereocenters. The van der Waals surface area contributed by atoms with Gasteiger partial charge in [-0.3, -0.25) is 29.1 Å². The van der Waals surface area contributed by atoms with Crippen molar-refractivity contribution in [1.29, 1.82) is 0 Å². The molecule has 1 saturated heterocycles. The van der Waals surface area contributed by atoms with Crippen molar-refractivity contribution in [3.05, 3.63) is 300 Å². The van der Waals surface area contributed by atoms with Gasteiger partial charge in [0.15, 0.2) is 23.7 Å². The highest BCUT2D eigenvalue weighted by Crippen LogP contribution is 2.34. The van der Waals surface area contributed by atoms with Gasteiger partial charge in [-0.25, -0.2) is 39.1 Å². The SMILES string of the molecule is COC(=O)c1cccc(C(=O)CCCOCCO)c1.COC(=O)c1cccc(C(=O)O)c1.Nc1cn(-c2cccc(C(F)(F)F)c2)cn1.O=C(Nc1cn(-c2cccc(C(F)(F)F)c2)cn1)c1cc(N2CCCCC2)ccc1[N+](=O)[O-].O=C(O)c1cccc(C(=O)CCCOCCO)c1.O=[N+]([O-])c1cn(-c2cccc(C(F)(F)F)c2)cn1.O=[N+]([O-])c1cnc[nH]1. The summed E-state index contributed by atoms with van der Waals surface area (Å²) in [6.45, 7) is 2.95. The molecular weight excluding hydrogens is 1680 g/mol. The van der Waals surface area contributed by atoms with E-state index in [2.05, 4.69) is 44.6 Å². The van der Waals surface area contributed by atoms with E-state index in [9.17, 15) is 103 Å². The Morgan fingerprint density at radius 1 is 0.496 bits per heavy atom. The minimum Gasteiger partial charge on any atom is -0.478 e. The monoisotopic (exact) mass is 1750 g/mol. The lowest BCUT2D eigenvalue weighted by Crippen LogP contribution is -2.29. The first-order chi connectivity index (χ1) is 59.3. The van der Waals surface area contributed by atoms with Gasteiger partial charge >= 0.3 is 54.0 Å². The van der Waals surface area contributed by atoms with Crippen LogP contribution in [0.3, 0.4) is 0 Å². The van der Waals surface area contributed by atoms with Gasteiger partial charge in [-0.2, -0.15) is 39.5 Å². The third kappa shape index (κ3) is 32.5. The number of nitro benzene ring substituents is 1. The lowest BCUT2D eigenvalue weighted by atomic mass is 10.0. The Kier molecular flexibility index (Phi) is 38.4. The van der Waals surface area contributed by atoms with E-state index in [1.807, 2.05) is 0 Å². The number of imidazole rings is 4. The van der Waals surface area contributed by atoms with Crippen molar-refractivity contribution in [3.63, 3.8) is 0 Å². The number of aliphatic hydroxyl groups is 2. The number of anilines is 3. The summed E-state index contributed by atoms with van der Waals surface area (Å²) in [6.07, 6.45) is 1.58. The second-order valence-electron chi connectivity index (χ2n) is 25.6. The molecule has 0 spiro atoms. The molecule has 4 aromatic heterocycles. The number of hydrogen-bond donors (Lipinski definition) is 7. The first-order valence-electron chi connectivity index (χ1n) is 36.7. The van der Waals surface area contributed by atoms with E-state index in [1.54, 1.807) is 42.5 Å². The summed E-state index contributed by atoms with van der Waals surface area (Å²) in [5.74, 6) is -4.17. The number of aliphatic hydroxyl groups excluding tert-OH is 2. The highest BCUT2D eigenvalue weighted by molar-refractivity contribution is 6.07. The van der Waals surface area contributed by atoms with E-state index in [0.29, 0.717) is 61.3 Å². The normalized spacial score (nSPS) is 11.5. The topological polar surface area (TPSA) is 490 Å². The molecule has 11 aromatic rings. The third-order valence-electron chi connectivity index (χ3n) is 16.8. The zero-order chi connectivity index (χ0) is 92.0. The number of carboxylic acid groups (broad SMARTS) is 2. The highest BCUT2D eigenvalue weighted by atomic mass is 19.4. The van der Waals surface area contributed by atoms with Crippen molar-refractivity contribution in [1.82, 2.24) is 38.6 Å². The number of rotatable bonds is 27.